The largest absolute Gasteiger partial charge is 0.372 e. The molecule has 6 rings (SSSR count). The Labute approximate surface area is 233 Å². The molecule has 1 saturated heterocycles. The van der Waals surface area contributed by atoms with Crippen molar-refractivity contribution in [3.63, 3.8) is 0 Å². The van der Waals surface area contributed by atoms with Crippen LogP contribution in [0.1, 0.15) is 23.1 Å². The van der Waals surface area contributed by atoms with Gasteiger partial charge in [-0.3, -0.25) is 9.59 Å². The number of nitrogens with zero attached hydrogens (tertiary/aromatic N) is 7. The van der Waals surface area contributed by atoms with E-state index in [0.717, 1.165) is 11.1 Å². The fourth-order valence-corrected chi connectivity index (χ4v) is 5.84. The van der Waals surface area contributed by atoms with E-state index in [2.05, 4.69) is 25.4 Å². The number of azide groups is 1. The zero-order chi connectivity index (χ0) is 27.9. The van der Waals surface area contributed by atoms with Crippen LogP contribution in [-0.2, 0) is 21.7 Å². The van der Waals surface area contributed by atoms with E-state index in [-0.39, 0.29) is 19.5 Å². The van der Waals surface area contributed by atoms with Crippen molar-refractivity contribution in [2.24, 2.45) is 5.11 Å². The van der Waals surface area contributed by atoms with Gasteiger partial charge in [0, 0.05) is 34.2 Å². The zero-order valence-electron chi connectivity index (χ0n) is 21.1. The summed E-state index contributed by atoms with van der Waals surface area (Å²) in [5, 5.41) is 23.4. The normalized spacial score (nSPS) is 18.5. The van der Waals surface area contributed by atoms with Gasteiger partial charge in [0.2, 0.25) is 5.91 Å². The number of hydrogen-bond acceptors (Lipinski definition) is 6. The number of nitrogens with one attached hydrogen (secondary N) is 1. The molecule has 0 spiro atoms. The number of carbonyl (C=O) groups is 2. The van der Waals surface area contributed by atoms with E-state index in [1.165, 1.54) is 17.6 Å². The van der Waals surface area contributed by atoms with E-state index < -0.39 is 29.5 Å². The first-order chi connectivity index (χ1) is 19.4. The van der Waals surface area contributed by atoms with Crippen molar-refractivity contribution in [3.8, 4) is 16.8 Å². The first-order valence-electron chi connectivity index (χ1n) is 12.6. The lowest BCUT2D eigenvalue weighted by atomic mass is 9.89. The SMILES string of the molecule is [N-]=[N+]=NC1CC(C(=O)NCc2cc(Cl)ccc2-n2cncn2)N(C(=O)C2(O)c3ccccc3-c3ccccc32)C1. The molecule has 2 atom stereocenters. The Hall–Kier alpha value is -4.70. The third kappa shape index (κ3) is 4.17. The summed E-state index contributed by atoms with van der Waals surface area (Å²) in [6, 6.07) is 18.0. The maximum atomic E-state index is 14.2. The number of halogens is 1. The van der Waals surface area contributed by atoms with Gasteiger partial charge in [0.1, 0.15) is 18.7 Å². The van der Waals surface area contributed by atoms with Crippen LogP contribution in [0.4, 0.5) is 0 Å². The Morgan fingerprint density at radius 2 is 1.82 bits per heavy atom. The summed E-state index contributed by atoms with van der Waals surface area (Å²) in [7, 11) is 0. The van der Waals surface area contributed by atoms with Gasteiger partial charge in [0.05, 0.1) is 11.7 Å². The van der Waals surface area contributed by atoms with Gasteiger partial charge in [-0.25, -0.2) is 9.67 Å². The quantitative estimate of drug-likeness (QED) is 0.211. The molecule has 4 aromatic rings. The number of benzene rings is 3. The first kappa shape index (κ1) is 25.6. The summed E-state index contributed by atoms with van der Waals surface area (Å²) in [6.45, 7) is 0.0875. The minimum absolute atomic E-state index is 0.00496. The van der Waals surface area contributed by atoms with Gasteiger partial charge in [-0.15, -0.1) is 0 Å². The van der Waals surface area contributed by atoms with E-state index >= 15 is 0 Å². The van der Waals surface area contributed by atoms with Crippen molar-refractivity contribution in [2.45, 2.75) is 30.7 Å². The maximum Gasteiger partial charge on any atom is 0.264 e. The fourth-order valence-electron chi connectivity index (χ4n) is 5.65. The number of likely N-dealkylation sites (tertiary alicyclic amines) is 1. The van der Waals surface area contributed by atoms with Gasteiger partial charge in [-0.2, -0.15) is 5.10 Å². The predicted octanol–water partition coefficient (Wildman–Crippen LogP) is 3.73. The molecule has 1 aliphatic carbocycles. The fraction of sp³-hybridized carbons (Fsp3) is 0.214. The molecular weight excluding hydrogens is 532 g/mol. The van der Waals surface area contributed by atoms with Crippen LogP contribution in [0.3, 0.4) is 0 Å². The molecule has 12 heteroatoms. The Morgan fingerprint density at radius 1 is 1.12 bits per heavy atom. The van der Waals surface area contributed by atoms with Crippen molar-refractivity contribution < 1.29 is 14.7 Å². The van der Waals surface area contributed by atoms with Gasteiger partial charge >= 0.3 is 0 Å². The lowest BCUT2D eigenvalue weighted by molar-refractivity contribution is -0.151. The summed E-state index contributed by atoms with van der Waals surface area (Å²) in [4.78, 5) is 36.0. The molecule has 1 aromatic heterocycles. The second kappa shape index (κ2) is 10.1. The average molecular weight is 555 g/mol. The first-order valence-corrected chi connectivity index (χ1v) is 13.0. The highest BCUT2D eigenvalue weighted by atomic mass is 35.5. The highest BCUT2D eigenvalue weighted by Gasteiger charge is 2.53. The Balaban J connectivity index is 1.31. The van der Waals surface area contributed by atoms with E-state index in [1.54, 1.807) is 47.1 Å². The molecular formula is C28H23ClN8O3. The second-order valence-electron chi connectivity index (χ2n) is 9.70. The van der Waals surface area contributed by atoms with Crippen LogP contribution >= 0.6 is 11.6 Å². The molecule has 0 saturated carbocycles. The molecule has 2 heterocycles. The molecule has 40 heavy (non-hydrogen) atoms. The van der Waals surface area contributed by atoms with E-state index in [1.807, 2.05) is 24.3 Å². The van der Waals surface area contributed by atoms with Gasteiger partial charge in [0.15, 0.2) is 5.60 Å². The van der Waals surface area contributed by atoms with E-state index in [9.17, 15) is 14.7 Å². The topological polar surface area (TPSA) is 149 Å². The minimum Gasteiger partial charge on any atom is -0.372 e. The Kier molecular flexibility index (Phi) is 6.47. The zero-order valence-corrected chi connectivity index (χ0v) is 21.8. The summed E-state index contributed by atoms with van der Waals surface area (Å²) < 4.78 is 1.56. The van der Waals surface area contributed by atoms with Gasteiger partial charge in [-0.05, 0) is 46.8 Å². The standard InChI is InChI=1S/C28H23ClN8O3/c29-18-9-10-24(37-16-31-15-33-37)17(11-18)13-32-26(38)25-12-19(34-35-30)14-36(25)27(39)28(40)22-7-3-1-5-20(22)21-6-2-4-8-23(21)28/h1-11,15-16,19,25,40H,12-14H2,(H,32,38). The molecule has 11 nitrogen and oxygen atoms in total. The number of aliphatic hydroxyl groups is 1. The van der Waals surface area contributed by atoms with E-state index in [4.69, 9.17) is 17.1 Å². The van der Waals surface area contributed by atoms with Crippen LogP contribution in [0.2, 0.25) is 5.02 Å². The molecule has 1 fully saturated rings. The lowest BCUT2D eigenvalue weighted by Gasteiger charge is -2.33. The highest BCUT2D eigenvalue weighted by molar-refractivity contribution is 6.30. The number of rotatable bonds is 6. The molecule has 0 radical (unpaired) electrons. The van der Waals surface area contributed by atoms with Crippen LogP contribution in [0, 0.1) is 0 Å². The second-order valence-corrected chi connectivity index (χ2v) is 10.1. The highest BCUT2D eigenvalue weighted by Crippen LogP contribution is 2.48. The van der Waals surface area contributed by atoms with Crippen molar-refractivity contribution in [2.75, 3.05) is 6.54 Å². The summed E-state index contributed by atoms with van der Waals surface area (Å²) in [6.07, 6.45) is 3.06. The van der Waals surface area contributed by atoms with Crippen molar-refractivity contribution >= 4 is 23.4 Å². The molecule has 2 amide bonds. The number of hydrogen-bond donors (Lipinski definition) is 2. The summed E-state index contributed by atoms with van der Waals surface area (Å²) in [5.74, 6) is -1.09. The molecule has 2 aliphatic rings. The van der Waals surface area contributed by atoms with Crippen LogP contribution < -0.4 is 5.32 Å². The molecule has 2 N–H and O–H groups in total. The van der Waals surface area contributed by atoms with Gasteiger partial charge < -0.3 is 15.3 Å². The molecule has 1 aliphatic heterocycles. The molecule has 200 valence electrons. The monoisotopic (exact) mass is 554 g/mol. The molecule has 0 bridgehead atoms. The number of aromatic nitrogens is 3. The van der Waals surface area contributed by atoms with Crippen LogP contribution in [0.5, 0.6) is 0 Å². The number of amides is 2. The summed E-state index contributed by atoms with van der Waals surface area (Å²) >= 11 is 6.22. The lowest BCUT2D eigenvalue weighted by Crippen LogP contribution is -2.53. The van der Waals surface area contributed by atoms with Crippen LogP contribution in [-0.4, -0.2) is 55.2 Å². The van der Waals surface area contributed by atoms with Gasteiger partial charge in [-0.1, -0.05) is 65.2 Å². The maximum absolute atomic E-state index is 14.2. The van der Waals surface area contributed by atoms with Crippen LogP contribution in [0.15, 0.2) is 84.5 Å². The smallest absolute Gasteiger partial charge is 0.264 e. The summed E-state index contributed by atoms with van der Waals surface area (Å²) in [5.41, 5.74) is 10.9. The average Bonchev–Trinajstić information content (AvgIpc) is 3.71. The minimum atomic E-state index is -2.00. The third-order valence-electron chi connectivity index (χ3n) is 7.45. The van der Waals surface area contributed by atoms with E-state index in [0.29, 0.717) is 27.4 Å². The van der Waals surface area contributed by atoms with Crippen molar-refractivity contribution in [1.29, 1.82) is 0 Å². The Bertz CT molecular complexity index is 1620. The Morgan fingerprint density at radius 3 is 2.48 bits per heavy atom. The predicted molar refractivity (Wildman–Crippen MR) is 146 cm³/mol. The molecule has 2 unspecified atom stereocenters. The van der Waals surface area contributed by atoms with Crippen LogP contribution in [0.25, 0.3) is 27.3 Å². The van der Waals surface area contributed by atoms with Gasteiger partial charge in [0.25, 0.3) is 5.91 Å². The van der Waals surface area contributed by atoms with Crippen molar-refractivity contribution in [3.05, 3.63) is 112 Å². The third-order valence-corrected chi connectivity index (χ3v) is 7.69. The molecule has 3 aromatic carbocycles. The van der Waals surface area contributed by atoms with Crippen molar-refractivity contribution in [1.82, 2.24) is 25.0 Å². The number of carbonyl (C=O) groups excluding carboxylic acids is 2. The number of fused-ring (bicyclic) bond motifs is 3.